The minimum atomic E-state index is -0.270. The summed E-state index contributed by atoms with van der Waals surface area (Å²) >= 11 is 7.48. The first kappa shape index (κ1) is 17.1. The minimum absolute atomic E-state index is 0.112. The van der Waals surface area contributed by atoms with Gasteiger partial charge >= 0.3 is 6.03 Å². The molecule has 0 saturated carbocycles. The van der Waals surface area contributed by atoms with Crippen LogP contribution < -0.4 is 10.6 Å². The van der Waals surface area contributed by atoms with Crippen LogP contribution in [0.25, 0.3) is 0 Å². The Morgan fingerprint density at radius 2 is 2.15 bits per heavy atom. The average molecular weight is 317 g/mol. The number of benzene rings is 1. The third kappa shape index (κ3) is 5.61. The molecule has 0 aromatic heterocycles. The normalized spacial score (nSPS) is 11.2. The number of carbonyl (C=O) groups is 1. The smallest absolute Gasteiger partial charge is 0.319 e. The molecule has 1 aromatic rings. The molecule has 1 aromatic carbocycles. The number of hydrogen-bond acceptors (Lipinski definition) is 3. The number of rotatable bonds is 6. The largest absolute Gasteiger partial charge is 0.396 e. The van der Waals surface area contributed by atoms with E-state index in [1.54, 1.807) is 23.9 Å². The minimum Gasteiger partial charge on any atom is -0.396 e. The molecule has 20 heavy (non-hydrogen) atoms. The molecule has 6 heteroatoms. The van der Waals surface area contributed by atoms with Gasteiger partial charge < -0.3 is 15.7 Å². The summed E-state index contributed by atoms with van der Waals surface area (Å²) in [4.78, 5) is 12.9. The molecule has 0 aliphatic carbocycles. The molecule has 0 heterocycles. The summed E-state index contributed by atoms with van der Waals surface area (Å²) in [5.41, 5.74) is 0.561. The molecule has 0 unspecified atom stereocenters. The van der Waals surface area contributed by atoms with Crippen molar-refractivity contribution in [1.29, 1.82) is 0 Å². The second-order valence-electron chi connectivity index (χ2n) is 5.29. The third-order valence-electron chi connectivity index (χ3n) is 2.93. The Morgan fingerprint density at radius 3 is 2.75 bits per heavy atom. The van der Waals surface area contributed by atoms with Crippen LogP contribution in [0.1, 0.15) is 20.3 Å². The third-order valence-corrected chi connectivity index (χ3v) is 3.96. The van der Waals surface area contributed by atoms with Crippen LogP contribution in [0.2, 0.25) is 5.02 Å². The maximum absolute atomic E-state index is 11.9. The maximum atomic E-state index is 11.9. The van der Waals surface area contributed by atoms with Crippen LogP contribution in [-0.2, 0) is 0 Å². The SMILES string of the molecule is CSc1ccc(Cl)cc1NC(=O)NCC(C)(C)CCO. The van der Waals surface area contributed by atoms with E-state index in [0.717, 1.165) is 4.90 Å². The van der Waals surface area contributed by atoms with Gasteiger partial charge in [0.1, 0.15) is 0 Å². The molecule has 0 radical (unpaired) electrons. The Kier molecular flexibility index (Phi) is 6.65. The molecule has 4 nitrogen and oxygen atoms in total. The predicted molar refractivity (Wildman–Crippen MR) is 85.7 cm³/mol. The van der Waals surface area contributed by atoms with Gasteiger partial charge in [0.25, 0.3) is 0 Å². The Bertz CT molecular complexity index is 466. The highest BCUT2D eigenvalue weighted by molar-refractivity contribution is 7.98. The average Bonchev–Trinajstić information content (AvgIpc) is 2.37. The fraction of sp³-hybridized carbons (Fsp3) is 0.500. The van der Waals surface area contributed by atoms with E-state index in [1.165, 1.54) is 0 Å². The lowest BCUT2D eigenvalue weighted by Gasteiger charge is -2.24. The second kappa shape index (κ2) is 7.76. The quantitative estimate of drug-likeness (QED) is 0.703. The second-order valence-corrected chi connectivity index (χ2v) is 6.57. The van der Waals surface area contributed by atoms with Gasteiger partial charge in [0.05, 0.1) is 5.69 Å². The van der Waals surface area contributed by atoms with Crippen molar-refractivity contribution in [3.05, 3.63) is 23.2 Å². The van der Waals surface area contributed by atoms with E-state index in [9.17, 15) is 4.79 Å². The summed E-state index contributed by atoms with van der Waals surface area (Å²) in [6.45, 7) is 4.60. The van der Waals surface area contributed by atoms with E-state index in [4.69, 9.17) is 16.7 Å². The zero-order valence-corrected chi connectivity index (χ0v) is 13.6. The summed E-state index contributed by atoms with van der Waals surface area (Å²) in [5, 5.41) is 15.2. The van der Waals surface area contributed by atoms with E-state index >= 15 is 0 Å². The zero-order chi connectivity index (χ0) is 15.2. The van der Waals surface area contributed by atoms with E-state index in [2.05, 4.69) is 10.6 Å². The first-order valence-electron chi connectivity index (χ1n) is 6.37. The molecule has 0 bridgehead atoms. The number of aliphatic hydroxyl groups excluding tert-OH is 1. The van der Waals surface area contributed by atoms with Crippen LogP contribution in [0.4, 0.5) is 10.5 Å². The number of aliphatic hydroxyl groups is 1. The van der Waals surface area contributed by atoms with Gasteiger partial charge in [-0.1, -0.05) is 25.4 Å². The highest BCUT2D eigenvalue weighted by Crippen LogP contribution is 2.28. The molecule has 0 atom stereocenters. The van der Waals surface area contributed by atoms with Crippen molar-refractivity contribution in [3.8, 4) is 0 Å². The number of carbonyl (C=O) groups excluding carboxylic acids is 1. The maximum Gasteiger partial charge on any atom is 0.319 e. The number of amides is 2. The van der Waals surface area contributed by atoms with Crippen LogP contribution in [0.15, 0.2) is 23.1 Å². The summed E-state index contributed by atoms with van der Waals surface area (Å²) in [6.07, 6.45) is 2.58. The monoisotopic (exact) mass is 316 g/mol. The van der Waals surface area contributed by atoms with Crippen molar-refractivity contribution in [2.45, 2.75) is 25.2 Å². The van der Waals surface area contributed by atoms with Crippen LogP contribution >= 0.6 is 23.4 Å². The van der Waals surface area contributed by atoms with Crippen molar-refractivity contribution < 1.29 is 9.90 Å². The highest BCUT2D eigenvalue weighted by Gasteiger charge is 2.18. The summed E-state index contributed by atoms with van der Waals surface area (Å²) in [5.74, 6) is 0. The Morgan fingerprint density at radius 1 is 1.45 bits per heavy atom. The van der Waals surface area contributed by atoms with Crippen LogP contribution in [0.5, 0.6) is 0 Å². The molecule has 0 saturated heterocycles. The van der Waals surface area contributed by atoms with Gasteiger partial charge in [-0.05, 0) is 36.3 Å². The highest BCUT2D eigenvalue weighted by atomic mass is 35.5. The zero-order valence-electron chi connectivity index (χ0n) is 12.0. The van der Waals surface area contributed by atoms with E-state index in [1.807, 2.05) is 26.2 Å². The molecule has 1 rings (SSSR count). The predicted octanol–water partition coefficient (Wildman–Crippen LogP) is 3.59. The Labute approximate surface area is 129 Å². The number of hydrogen-bond donors (Lipinski definition) is 3. The van der Waals surface area contributed by atoms with Crippen molar-refractivity contribution in [3.63, 3.8) is 0 Å². The van der Waals surface area contributed by atoms with Crippen molar-refractivity contribution in [2.75, 3.05) is 24.7 Å². The first-order chi connectivity index (χ1) is 9.38. The summed E-state index contributed by atoms with van der Waals surface area (Å²) in [6, 6.07) is 5.12. The van der Waals surface area contributed by atoms with Gasteiger partial charge in [0.15, 0.2) is 0 Å². The van der Waals surface area contributed by atoms with Crippen LogP contribution in [0, 0.1) is 5.41 Å². The molecule has 3 N–H and O–H groups in total. The Balaban J connectivity index is 2.61. The molecule has 112 valence electrons. The number of thioether (sulfide) groups is 1. The number of halogens is 1. The lowest BCUT2D eigenvalue weighted by Crippen LogP contribution is -2.37. The molecule has 0 fully saturated rings. The number of anilines is 1. The number of nitrogens with one attached hydrogen (secondary N) is 2. The van der Waals surface area contributed by atoms with Gasteiger partial charge in [-0.15, -0.1) is 11.8 Å². The topological polar surface area (TPSA) is 61.4 Å². The van der Waals surface area contributed by atoms with Gasteiger partial charge in [0.2, 0.25) is 0 Å². The fourth-order valence-corrected chi connectivity index (χ4v) is 2.36. The molecular formula is C14H21ClN2O2S. The lowest BCUT2D eigenvalue weighted by molar-refractivity contribution is 0.204. The molecule has 0 aliphatic heterocycles. The van der Waals surface area contributed by atoms with Gasteiger partial charge in [0, 0.05) is 23.1 Å². The van der Waals surface area contributed by atoms with Gasteiger partial charge in [-0.3, -0.25) is 0 Å². The molecule has 2 amide bonds. The molecule has 0 aliphatic rings. The molecule has 0 spiro atoms. The lowest BCUT2D eigenvalue weighted by atomic mass is 9.90. The summed E-state index contributed by atoms with van der Waals surface area (Å²) in [7, 11) is 0. The van der Waals surface area contributed by atoms with Crippen molar-refractivity contribution >= 4 is 35.1 Å². The summed E-state index contributed by atoms with van der Waals surface area (Å²) < 4.78 is 0. The standard InChI is InChI=1S/C14H21ClN2O2S/c1-14(2,6-7-18)9-16-13(19)17-11-8-10(15)4-5-12(11)20-3/h4-5,8,18H,6-7,9H2,1-3H3,(H2,16,17,19). The van der Waals surface area contributed by atoms with E-state index in [-0.39, 0.29) is 18.1 Å². The van der Waals surface area contributed by atoms with Gasteiger partial charge in [-0.2, -0.15) is 0 Å². The van der Waals surface area contributed by atoms with Crippen molar-refractivity contribution in [2.24, 2.45) is 5.41 Å². The Hall–Kier alpha value is -0.910. The van der Waals surface area contributed by atoms with E-state index in [0.29, 0.717) is 23.7 Å². The number of urea groups is 1. The first-order valence-corrected chi connectivity index (χ1v) is 7.97. The van der Waals surface area contributed by atoms with Crippen LogP contribution in [0.3, 0.4) is 0 Å². The van der Waals surface area contributed by atoms with E-state index < -0.39 is 0 Å². The van der Waals surface area contributed by atoms with Gasteiger partial charge in [-0.25, -0.2) is 4.79 Å². The molecular weight excluding hydrogens is 296 g/mol. The van der Waals surface area contributed by atoms with Crippen LogP contribution in [-0.4, -0.2) is 30.5 Å². The fourth-order valence-electron chi connectivity index (χ4n) is 1.66. The van der Waals surface area contributed by atoms with Crippen molar-refractivity contribution in [1.82, 2.24) is 5.32 Å².